The van der Waals surface area contributed by atoms with E-state index in [-0.39, 0.29) is 12.4 Å². The van der Waals surface area contributed by atoms with E-state index in [0.29, 0.717) is 12.3 Å². The lowest BCUT2D eigenvalue weighted by Gasteiger charge is -2.32. The van der Waals surface area contributed by atoms with Crippen LogP contribution in [-0.4, -0.2) is 49.6 Å². The molecular weight excluding hydrogens is 264 g/mol. The number of halogens is 2. The minimum Gasteiger partial charge on any atom is -0.480 e. The standard InChI is InChI=1S/C10H13F2N3O2S/c11-10(12)15-2-1-13-8(15)5-14-3-4-18-6-7(14)9(16)17/h1-2,7,10H,3-6H2,(H,16,17). The highest BCUT2D eigenvalue weighted by molar-refractivity contribution is 7.99. The largest absolute Gasteiger partial charge is 0.480 e. The third kappa shape index (κ3) is 2.81. The molecule has 1 fully saturated rings. The Kier molecular flexibility index (Phi) is 4.18. The van der Waals surface area contributed by atoms with Gasteiger partial charge in [-0.1, -0.05) is 0 Å². The lowest BCUT2D eigenvalue weighted by molar-refractivity contribution is -0.142. The number of hydrogen-bond acceptors (Lipinski definition) is 4. The smallest absolute Gasteiger partial charge is 0.321 e. The van der Waals surface area contributed by atoms with Crippen LogP contribution in [-0.2, 0) is 11.3 Å². The average molecular weight is 277 g/mol. The highest BCUT2D eigenvalue weighted by atomic mass is 32.2. The van der Waals surface area contributed by atoms with Crippen molar-refractivity contribution in [3.05, 3.63) is 18.2 Å². The highest BCUT2D eigenvalue weighted by Crippen LogP contribution is 2.20. The number of hydrogen-bond donors (Lipinski definition) is 1. The first-order valence-electron chi connectivity index (χ1n) is 5.44. The summed E-state index contributed by atoms with van der Waals surface area (Å²) in [6, 6.07) is -0.633. The van der Waals surface area contributed by atoms with Gasteiger partial charge < -0.3 is 5.11 Å². The van der Waals surface area contributed by atoms with E-state index < -0.39 is 18.6 Å². The monoisotopic (exact) mass is 277 g/mol. The maximum atomic E-state index is 12.7. The Labute approximate surface area is 107 Å². The lowest BCUT2D eigenvalue weighted by Crippen LogP contribution is -2.47. The van der Waals surface area contributed by atoms with Gasteiger partial charge in [0, 0.05) is 30.4 Å². The van der Waals surface area contributed by atoms with Crippen LogP contribution in [0, 0.1) is 0 Å². The van der Waals surface area contributed by atoms with Crippen molar-refractivity contribution in [2.45, 2.75) is 19.1 Å². The predicted molar refractivity (Wildman–Crippen MR) is 62.6 cm³/mol. The van der Waals surface area contributed by atoms with Crippen molar-refractivity contribution >= 4 is 17.7 Å². The summed E-state index contributed by atoms with van der Waals surface area (Å²) < 4.78 is 26.1. The maximum Gasteiger partial charge on any atom is 0.321 e. The fourth-order valence-electron chi connectivity index (χ4n) is 1.88. The van der Waals surface area contributed by atoms with Gasteiger partial charge in [-0.05, 0) is 0 Å². The lowest BCUT2D eigenvalue weighted by atomic mass is 10.2. The minimum absolute atomic E-state index is 0.134. The fraction of sp³-hybridized carbons (Fsp3) is 0.600. The Morgan fingerprint density at radius 1 is 1.67 bits per heavy atom. The molecule has 0 aliphatic carbocycles. The maximum absolute atomic E-state index is 12.7. The van der Waals surface area contributed by atoms with Crippen LogP contribution in [0.5, 0.6) is 0 Å². The quantitative estimate of drug-likeness (QED) is 0.898. The van der Waals surface area contributed by atoms with Gasteiger partial charge in [-0.25, -0.2) is 4.98 Å². The second-order valence-electron chi connectivity index (χ2n) is 3.93. The molecule has 5 nitrogen and oxygen atoms in total. The SMILES string of the molecule is O=C(O)C1CSCCN1Cc1nccn1C(F)F. The van der Waals surface area contributed by atoms with E-state index in [1.54, 1.807) is 16.7 Å². The van der Waals surface area contributed by atoms with Gasteiger partial charge in [0.15, 0.2) is 0 Å². The number of rotatable bonds is 4. The number of carboxylic acids is 1. The summed E-state index contributed by atoms with van der Waals surface area (Å²) in [6.07, 6.45) is 2.50. The predicted octanol–water partition coefficient (Wildman–Crippen LogP) is 1.28. The molecule has 2 heterocycles. The van der Waals surface area contributed by atoms with Gasteiger partial charge in [0.1, 0.15) is 11.9 Å². The molecular formula is C10H13F2N3O2S. The topological polar surface area (TPSA) is 58.4 Å². The zero-order valence-electron chi connectivity index (χ0n) is 9.50. The van der Waals surface area contributed by atoms with Crippen LogP contribution >= 0.6 is 11.8 Å². The first kappa shape index (κ1) is 13.3. The van der Waals surface area contributed by atoms with Crippen molar-refractivity contribution in [3.8, 4) is 0 Å². The van der Waals surface area contributed by atoms with Crippen molar-refractivity contribution in [3.63, 3.8) is 0 Å². The normalized spacial score (nSPS) is 21.4. The van der Waals surface area contributed by atoms with Crippen molar-refractivity contribution in [1.29, 1.82) is 0 Å². The van der Waals surface area contributed by atoms with Crippen LogP contribution in [0.1, 0.15) is 12.4 Å². The molecule has 0 saturated carbocycles. The van der Waals surface area contributed by atoms with E-state index in [9.17, 15) is 13.6 Å². The van der Waals surface area contributed by atoms with Crippen molar-refractivity contribution < 1.29 is 18.7 Å². The number of imidazole rings is 1. The van der Waals surface area contributed by atoms with Crippen molar-refractivity contribution in [1.82, 2.24) is 14.5 Å². The van der Waals surface area contributed by atoms with Gasteiger partial charge in [-0.2, -0.15) is 20.5 Å². The Morgan fingerprint density at radius 3 is 3.11 bits per heavy atom. The fourth-order valence-corrected chi connectivity index (χ4v) is 2.99. The number of carboxylic acid groups (broad SMARTS) is 1. The first-order chi connectivity index (χ1) is 8.59. The molecule has 2 rings (SSSR count). The molecule has 1 aliphatic heterocycles. The summed E-state index contributed by atoms with van der Waals surface area (Å²) in [4.78, 5) is 16.6. The molecule has 18 heavy (non-hydrogen) atoms. The van der Waals surface area contributed by atoms with Gasteiger partial charge in [0.05, 0.1) is 6.54 Å². The molecule has 0 bridgehead atoms. The second kappa shape index (κ2) is 5.66. The molecule has 0 spiro atoms. The van der Waals surface area contributed by atoms with Crippen LogP contribution in [0.4, 0.5) is 8.78 Å². The zero-order chi connectivity index (χ0) is 13.1. The molecule has 1 atom stereocenters. The Morgan fingerprint density at radius 2 is 2.44 bits per heavy atom. The third-order valence-corrected chi connectivity index (χ3v) is 3.85. The summed E-state index contributed by atoms with van der Waals surface area (Å²) in [6.45, 7) is -1.95. The molecule has 1 unspecified atom stereocenters. The molecule has 0 amide bonds. The van der Waals surface area contributed by atoms with E-state index >= 15 is 0 Å². The number of nitrogens with zero attached hydrogens (tertiary/aromatic N) is 3. The summed E-state index contributed by atoms with van der Waals surface area (Å²) in [5.74, 6) is 0.560. The van der Waals surface area contributed by atoms with Gasteiger partial charge in [-0.15, -0.1) is 0 Å². The van der Waals surface area contributed by atoms with Crippen molar-refractivity contribution in [2.24, 2.45) is 0 Å². The number of carbonyl (C=O) groups is 1. The van der Waals surface area contributed by atoms with E-state index in [1.165, 1.54) is 12.4 Å². The first-order valence-corrected chi connectivity index (χ1v) is 6.59. The Hall–Kier alpha value is -1.15. The number of thioether (sulfide) groups is 1. The molecule has 0 aromatic carbocycles. The van der Waals surface area contributed by atoms with Crippen LogP contribution in [0.15, 0.2) is 12.4 Å². The van der Waals surface area contributed by atoms with Crippen LogP contribution in [0.25, 0.3) is 0 Å². The second-order valence-corrected chi connectivity index (χ2v) is 5.08. The highest BCUT2D eigenvalue weighted by Gasteiger charge is 2.30. The van der Waals surface area contributed by atoms with E-state index in [1.807, 2.05) is 0 Å². The Balaban J connectivity index is 2.11. The summed E-state index contributed by atoms with van der Waals surface area (Å²) in [7, 11) is 0. The number of aliphatic carboxylic acids is 1. The van der Waals surface area contributed by atoms with Crippen LogP contribution in [0.2, 0.25) is 0 Å². The van der Waals surface area contributed by atoms with Gasteiger partial charge in [-0.3, -0.25) is 14.3 Å². The van der Waals surface area contributed by atoms with Crippen LogP contribution in [0.3, 0.4) is 0 Å². The van der Waals surface area contributed by atoms with E-state index in [4.69, 9.17) is 5.11 Å². The average Bonchev–Trinajstić information content (AvgIpc) is 2.77. The van der Waals surface area contributed by atoms with Gasteiger partial charge >= 0.3 is 12.5 Å². The van der Waals surface area contributed by atoms with E-state index in [0.717, 1.165) is 10.3 Å². The summed E-state index contributed by atoms with van der Waals surface area (Å²) in [5, 5.41) is 9.09. The molecule has 1 saturated heterocycles. The summed E-state index contributed by atoms with van der Waals surface area (Å²) in [5.41, 5.74) is 0. The molecule has 1 aromatic heterocycles. The third-order valence-electron chi connectivity index (χ3n) is 2.83. The molecule has 1 N–H and O–H groups in total. The van der Waals surface area contributed by atoms with Crippen LogP contribution < -0.4 is 0 Å². The van der Waals surface area contributed by atoms with Crippen molar-refractivity contribution in [2.75, 3.05) is 18.1 Å². The molecule has 1 aliphatic rings. The number of aromatic nitrogens is 2. The summed E-state index contributed by atoms with van der Waals surface area (Å²) >= 11 is 1.56. The molecule has 8 heteroatoms. The van der Waals surface area contributed by atoms with E-state index in [2.05, 4.69) is 4.98 Å². The minimum atomic E-state index is -2.65. The zero-order valence-corrected chi connectivity index (χ0v) is 10.3. The molecule has 0 radical (unpaired) electrons. The van der Waals surface area contributed by atoms with Gasteiger partial charge in [0.2, 0.25) is 0 Å². The molecule has 1 aromatic rings. The molecule has 100 valence electrons. The number of alkyl halides is 2. The Bertz CT molecular complexity index is 427. The van der Waals surface area contributed by atoms with Gasteiger partial charge in [0.25, 0.3) is 0 Å².